The molecule has 122 valence electrons. The largest absolute Gasteiger partial charge is 0.327 e. The summed E-state index contributed by atoms with van der Waals surface area (Å²) >= 11 is 6.43. The highest BCUT2D eigenvalue weighted by atomic mass is 35.5. The van der Waals surface area contributed by atoms with Crippen LogP contribution in [0.5, 0.6) is 0 Å². The van der Waals surface area contributed by atoms with Crippen molar-refractivity contribution in [3.05, 3.63) is 51.5 Å². The lowest BCUT2D eigenvalue weighted by atomic mass is 10.0. The van der Waals surface area contributed by atoms with E-state index in [1.807, 2.05) is 12.1 Å². The topological polar surface area (TPSA) is 74.5 Å². The molecule has 1 N–H and O–H groups in total. The zero-order valence-electron chi connectivity index (χ0n) is 13.5. The standard InChI is InChI=1S/C18H17ClN4O/c1-3-13(4-2)23-16-15(12-7-5-11(9-20)6-8-12)14(19)10-21-17(16)22-18(23)24/h5-8,10,13H,3-4H2,1-2H3,(H,21,22,24). The third-order valence-electron chi connectivity index (χ3n) is 4.30. The molecule has 0 aliphatic heterocycles. The van der Waals surface area contributed by atoms with Gasteiger partial charge in [0.1, 0.15) is 0 Å². The van der Waals surface area contributed by atoms with E-state index in [9.17, 15) is 4.79 Å². The minimum absolute atomic E-state index is 0.0728. The fourth-order valence-corrected chi connectivity index (χ4v) is 3.30. The molecule has 0 atom stereocenters. The summed E-state index contributed by atoms with van der Waals surface area (Å²) in [4.78, 5) is 19.6. The summed E-state index contributed by atoms with van der Waals surface area (Å²) in [6.07, 6.45) is 3.22. The van der Waals surface area contributed by atoms with Crippen LogP contribution in [0.25, 0.3) is 22.3 Å². The first-order valence-electron chi connectivity index (χ1n) is 7.89. The van der Waals surface area contributed by atoms with Gasteiger partial charge in [-0.2, -0.15) is 5.26 Å². The summed E-state index contributed by atoms with van der Waals surface area (Å²) in [7, 11) is 0. The number of nitrogens with one attached hydrogen (secondary N) is 1. The lowest BCUT2D eigenvalue weighted by molar-refractivity contribution is 0.472. The van der Waals surface area contributed by atoms with Crippen molar-refractivity contribution in [2.45, 2.75) is 32.7 Å². The van der Waals surface area contributed by atoms with Gasteiger partial charge >= 0.3 is 5.69 Å². The van der Waals surface area contributed by atoms with Crippen molar-refractivity contribution in [3.8, 4) is 17.2 Å². The van der Waals surface area contributed by atoms with Crippen molar-refractivity contribution in [1.29, 1.82) is 5.26 Å². The van der Waals surface area contributed by atoms with Gasteiger partial charge in [0.25, 0.3) is 0 Å². The van der Waals surface area contributed by atoms with Gasteiger partial charge in [0.15, 0.2) is 5.65 Å². The quantitative estimate of drug-likeness (QED) is 0.770. The molecule has 0 saturated heterocycles. The fourth-order valence-electron chi connectivity index (χ4n) is 3.06. The summed E-state index contributed by atoms with van der Waals surface area (Å²) in [6, 6.07) is 9.34. The molecule has 6 heteroatoms. The van der Waals surface area contributed by atoms with Crippen LogP contribution in [-0.4, -0.2) is 14.5 Å². The second kappa shape index (κ2) is 6.50. The molecule has 5 nitrogen and oxygen atoms in total. The van der Waals surface area contributed by atoms with Gasteiger partial charge in [0.2, 0.25) is 0 Å². The number of fused-ring (bicyclic) bond motifs is 1. The Morgan fingerprint density at radius 1 is 1.29 bits per heavy atom. The molecule has 1 aromatic carbocycles. The third kappa shape index (κ3) is 2.59. The molecule has 0 fully saturated rings. The van der Waals surface area contributed by atoms with Crippen LogP contribution in [0.3, 0.4) is 0 Å². The Hall–Kier alpha value is -2.58. The van der Waals surface area contributed by atoms with Gasteiger partial charge in [-0.15, -0.1) is 0 Å². The first kappa shape index (κ1) is 16.3. The van der Waals surface area contributed by atoms with Crippen LogP contribution in [0.1, 0.15) is 38.3 Å². The number of benzene rings is 1. The van der Waals surface area contributed by atoms with E-state index < -0.39 is 0 Å². The molecule has 2 heterocycles. The molecule has 0 unspecified atom stereocenters. The predicted molar refractivity (Wildman–Crippen MR) is 95.1 cm³/mol. The van der Waals surface area contributed by atoms with E-state index in [0.29, 0.717) is 21.7 Å². The number of halogens is 1. The molecule has 0 amide bonds. The molecule has 0 radical (unpaired) electrons. The normalized spacial score (nSPS) is 11.1. The highest BCUT2D eigenvalue weighted by Crippen LogP contribution is 2.35. The van der Waals surface area contributed by atoms with Crippen LogP contribution >= 0.6 is 11.6 Å². The SMILES string of the molecule is CCC(CC)n1c(=O)[nH]c2ncc(Cl)c(-c3ccc(C#N)cc3)c21. The second-order valence-corrected chi connectivity index (χ2v) is 6.05. The number of nitrogens with zero attached hydrogens (tertiary/aromatic N) is 3. The van der Waals surface area contributed by atoms with Crippen molar-refractivity contribution >= 4 is 22.8 Å². The number of hydrogen-bond donors (Lipinski definition) is 1. The zero-order valence-corrected chi connectivity index (χ0v) is 14.3. The van der Waals surface area contributed by atoms with E-state index in [0.717, 1.165) is 24.0 Å². The van der Waals surface area contributed by atoms with Crippen molar-refractivity contribution in [3.63, 3.8) is 0 Å². The van der Waals surface area contributed by atoms with Crippen LogP contribution in [0, 0.1) is 11.3 Å². The molecule has 3 rings (SSSR count). The van der Waals surface area contributed by atoms with Gasteiger partial charge < -0.3 is 0 Å². The van der Waals surface area contributed by atoms with Gasteiger partial charge in [0, 0.05) is 17.8 Å². The molecule has 3 aromatic rings. The molecular formula is C18H17ClN4O. The maximum absolute atomic E-state index is 12.5. The molecule has 2 aromatic heterocycles. The Balaban J connectivity index is 2.36. The monoisotopic (exact) mass is 340 g/mol. The average molecular weight is 341 g/mol. The van der Waals surface area contributed by atoms with Crippen molar-refractivity contribution in [2.75, 3.05) is 0 Å². The fraction of sp³-hybridized carbons (Fsp3) is 0.278. The summed E-state index contributed by atoms with van der Waals surface area (Å²) in [5.74, 6) is 0. The number of H-pyrrole nitrogens is 1. The summed E-state index contributed by atoms with van der Waals surface area (Å²) in [5.41, 5.74) is 3.25. The van der Waals surface area contributed by atoms with E-state index >= 15 is 0 Å². The lowest BCUT2D eigenvalue weighted by Gasteiger charge is -2.16. The first-order valence-corrected chi connectivity index (χ1v) is 8.27. The van der Waals surface area contributed by atoms with E-state index in [2.05, 4.69) is 29.9 Å². The Kier molecular flexibility index (Phi) is 4.41. The van der Waals surface area contributed by atoms with E-state index in [-0.39, 0.29) is 11.7 Å². The highest BCUT2D eigenvalue weighted by Gasteiger charge is 2.20. The van der Waals surface area contributed by atoms with Gasteiger partial charge in [-0.1, -0.05) is 37.6 Å². The molecule has 0 aliphatic carbocycles. The van der Waals surface area contributed by atoms with Crippen molar-refractivity contribution < 1.29 is 0 Å². The summed E-state index contributed by atoms with van der Waals surface area (Å²) < 4.78 is 1.75. The van der Waals surface area contributed by atoms with Gasteiger partial charge in [-0.25, -0.2) is 9.78 Å². The Bertz CT molecular complexity index is 975. The predicted octanol–water partition coefficient (Wildman–Crippen LogP) is 4.28. The lowest BCUT2D eigenvalue weighted by Crippen LogP contribution is -2.21. The minimum atomic E-state index is -0.177. The molecule has 24 heavy (non-hydrogen) atoms. The zero-order chi connectivity index (χ0) is 17.3. The maximum atomic E-state index is 12.5. The van der Waals surface area contributed by atoms with Crippen molar-refractivity contribution in [1.82, 2.24) is 14.5 Å². The smallest absolute Gasteiger partial charge is 0.290 e. The maximum Gasteiger partial charge on any atom is 0.327 e. The van der Waals surface area contributed by atoms with E-state index in [4.69, 9.17) is 16.9 Å². The molecule has 0 spiro atoms. The number of aromatic nitrogens is 3. The number of imidazole rings is 1. The summed E-state index contributed by atoms with van der Waals surface area (Å²) in [6.45, 7) is 4.11. The highest BCUT2D eigenvalue weighted by molar-refractivity contribution is 6.34. The summed E-state index contributed by atoms with van der Waals surface area (Å²) in [5, 5.41) is 9.45. The number of aromatic amines is 1. The van der Waals surface area contributed by atoms with Crippen molar-refractivity contribution in [2.24, 2.45) is 0 Å². The molecule has 0 aliphatic rings. The number of pyridine rings is 1. The van der Waals surface area contributed by atoms with Crippen LogP contribution in [-0.2, 0) is 0 Å². The molecular weight excluding hydrogens is 324 g/mol. The number of hydrogen-bond acceptors (Lipinski definition) is 3. The van der Waals surface area contributed by atoms with E-state index in [1.165, 1.54) is 0 Å². The van der Waals surface area contributed by atoms with Crippen LogP contribution in [0.4, 0.5) is 0 Å². The molecule has 0 bridgehead atoms. The first-order chi connectivity index (χ1) is 11.6. The van der Waals surface area contributed by atoms with Crippen LogP contribution in [0.15, 0.2) is 35.3 Å². The Labute approximate surface area is 144 Å². The van der Waals surface area contributed by atoms with Gasteiger partial charge in [-0.3, -0.25) is 9.55 Å². The third-order valence-corrected chi connectivity index (χ3v) is 4.59. The van der Waals surface area contributed by atoms with Crippen LogP contribution in [0.2, 0.25) is 5.02 Å². The molecule has 0 saturated carbocycles. The Morgan fingerprint density at radius 3 is 2.54 bits per heavy atom. The number of rotatable bonds is 4. The van der Waals surface area contributed by atoms with Gasteiger partial charge in [-0.05, 0) is 30.5 Å². The van der Waals surface area contributed by atoms with Gasteiger partial charge in [0.05, 0.1) is 22.2 Å². The Morgan fingerprint density at radius 2 is 1.96 bits per heavy atom. The second-order valence-electron chi connectivity index (χ2n) is 5.64. The van der Waals surface area contributed by atoms with Crippen LogP contribution < -0.4 is 5.69 Å². The average Bonchev–Trinajstić information content (AvgIpc) is 2.93. The minimum Gasteiger partial charge on any atom is -0.290 e. The number of nitriles is 1. The van der Waals surface area contributed by atoms with E-state index in [1.54, 1.807) is 22.9 Å².